The van der Waals surface area contributed by atoms with Crippen LogP contribution in [0.3, 0.4) is 0 Å². The van der Waals surface area contributed by atoms with Gasteiger partial charge in [0.05, 0.1) is 6.61 Å². The molecule has 0 aromatic heterocycles. The minimum atomic E-state index is 0.0353. The van der Waals surface area contributed by atoms with E-state index in [0.29, 0.717) is 6.61 Å². The van der Waals surface area contributed by atoms with Crippen LogP contribution >= 0.6 is 15.9 Å². The van der Waals surface area contributed by atoms with Crippen LogP contribution in [-0.2, 0) is 9.47 Å². The highest BCUT2D eigenvalue weighted by atomic mass is 79.9. The maximum atomic E-state index is 5.54. The highest BCUT2D eigenvalue weighted by molar-refractivity contribution is 9.09. The molecular formula is C10H17BrO2. The van der Waals surface area contributed by atoms with Crippen molar-refractivity contribution < 1.29 is 9.47 Å². The minimum Gasteiger partial charge on any atom is -0.353 e. The summed E-state index contributed by atoms with van der Waals surface area (Å²) in [6.45, 7) is 3.60. The smallest absolute Gasteiger partial charge is 0.157 e. The standard InChI is InChI=1S/C10H17BrO2/c1-9(8-11)5-7-13-10-4-2-3-6-12-10/h5,10H,2-4,6-8H2,1H3/b9-5-. The van der Waals surface area contributed by atoms with Crippen LogP contribution in [0.1, 0.15) is 26.2 Å². The molecule has 0 aliphatic carbocycles. The lowest BCUT2D eigenvalue weighted by atomic mass is 10.2. The largest absolute Gasteiger partial charge is 0.353 e. The lowest BCUT2D eigenvalue weighted by molar-refractivity contribution is -0.155. The fourth-order valence-electron chi connectivity index (χ4n) is 1.19. The van der Waals surface area contributed by atoms with E-state index in [2.05, 4.69) is 28.9 Å². The summed E-state index contributed by atoms with van der Waals surface area (Å²) in [6.07, 6.45) is 5.57. The van der Waals surface area contributed by atoms with Crippen LogP contribution in [-0.4, -0.2) is 24.8 Å². The topological polar surface area (TPSA) is 18.5 Å². The molecule has 1 rings (SSSR count). The second-order valence-electron chi connectivity index (χ2n) is 3.31. The Morgan fingerprint density at radius 2 is 2.46 bits per heavy atom. The number of allylic oxidation sites excluding steroid dienone is 1. The Bertz CT molecular complexity index is 162. The van der Waals surface area contributed by atoms with E-state index in [-0.39, 0.29) is 6.29 Å². The van der Waals surface area contributed by atoms with Gasteiger partial charge in [-0.15, -0.1) is 0 Å². The average Bonchev–Trinajstić information content (AvgIpc) is 2.19. The minimum absolute atomic E-state index is 0.0353. The first-order chi connectivity index (χ1) is 6.33. The average molecular weight is 249 g/mol. The van der Waals surface area contributed by atoms with Crippen molar-refractivity contribution >= 4 is 15.9 Å². The molecule has 0 radical (unpaired) electrons. The molecule has 0 bridgehead atoms. The molecule has 0 amide bonds. The molecule has 3 heteroatoms. The van der Waals surface area contributed by atoms with Crippen LogP contribution in [0.5, 0.6) is 0 Å². The maximum Gasteiger partial charge on any atom is 0.157 e. The van der Waals surface area contributed by atoms with Crippen LogP contribution in [0.2, 0.25) is 0 Å². The molecule has 0 aromatic carbocycles. The Morgan fingerprint density at radius 3 is 3.08 bits per heavy atom. The van der Waals surface area contributed by atoms with E-state index in [9.17, 15) is 0 Å². The normalized spacial score (nSPS) is 24.8. The number of rotatable bonds is 4. The molecule has 0 spiro atoms. The quantitative estimate of drug-likeness (QED) is 0.563. The Labute approximate surface area is 88.4 Å². The van der Waals surface area contributed by atoms with Crippen molar-refractivity contribution in [3.63, 3.8) is 0 Å². The van der Waals surface area contributed by atoms with Gasteiger partial charge in [0.2, 0.25) is 0 Å². The van der Waals surface area contributed by atoms with Crippen molar-refractivity contribution in [1.29, 1.82) is 0 Å². The van der Waals surface area contributed by atoms with Gasteiger partial charge in [-0.05, 0) is 26.2 Å². The first kappa shape index (κ1) is 11.2. The number of hydrogen-bond donors (Lipinski definition) is 0. The van der Waals surface area contributed by atoms with Gasteiger partial charge in [-0.3, -0.25) is 0 Å². The lowest BCUT2D eigenvalue weighted by Crippen LogP contribution is -2.22. The summed E-state index contributed by atoms with van der Waals surface area (Å²) < 4.78 is 11.0. The molecular weight excluding hydrogens is 232 g/mol. The summed E-state index contributed by atoms with van der Waals surface area (Å²) >= 11 is 3.39. The predicted octanol–water partition coefficient (Wildman–Crippen LogP) is 2.87. The Kier molecular flexibility index (Phi) is 5.67. The van der Waals surface area contributed by atoms with Gasteiger partial charge in [-0.2, -0.15) is 0 Å². The van der Waals surface area contributed by atoms with Gasteiger partial charge < -0.3 is 9.47 Å². The van der Waals surface area contributed by atoms with E-state index in [1.165, 1.54) is 18.4 Å². The predicted molar refractivity (Wildman–Crippen MR) is 57.1 cm³/mol. The third kappa shape index (κ3) is 4.79. The molecule has 1 aliphatic rings. The SMILES string of the molecule is C/C(=C/COC1CCCCO1)CBr. The van der Waals surface area contributed by atoms with Gasteiger partial charge in [-0.25, -0.2) is 0 Å². The Morgan fingerprint density at radius 1 is 1.62 bits per heavy atom. The number of halogens is 1. The molecule has 1 unspecified atom stereocenters. The Hall–Kier alpha value is 0.140. The zero-order valence-electron chi connectivity index (χ0n) is 8.09. The van der Waals surface area contributed by atoms with Gasteiger partial charge in [0, 0.05) is 11.9 Å². The highest BCUT2D eigenvalue weighted by Crippen LogP contribution is 2.13. The first-order valence-corrected chi connectivity index (χ1v) is 5.90. The lowest BCUT2D eigenvalue weighted by Gasteiger charge is -2.22. The molecule has 1 heterocycles. The molecule has 0 aromatic rings. The van der Waals surface area contributed by atoms with Gasteiger partial charge in [0.1, 0.15) is 0 Å². The Balaban J connectivity index is 2.10. The number of hydrogen-bond acceptors (Lipinski definition) is 2. The van der Waals surface area contributed by atoms with Gasteiger partial charge in [-0.1, -0.05) is 27.6 Å². The molecule has 76 valence electrons. The van der Waals surface area contributed by atoms with Crippen LogP contribution in [0.4, 0.5) is 0 Å². The highest BCUT2D eigenvalue weighted by Gasteiger charge is 2.12. The van der Waals surface area contributed by atoms with Crippen molar-refractivity contribution in [2.75, 3.05) is 18.5 Å². The van der Waals surface area contributed by atoms with Gasteiger partial charge in [0.15, 0.2) is 6.29 Å². The molecule has 0 N–H and O–H groups in total. The van der Waals surface area contributed by atoms with Crippen LogP contribution in [0, 0.1) is 0 Å². The summed E-state index contributed by atoms with van der Waals surface area (Å²) in [6, 6.07) is 0. The van der Waals surface area contributed by atoms with Crippen LogP contribution in [0.15, 0.2) is 11.6 Å². The molecule has 2 nitrogen and oxygen atoms in total. The summed E-state index contributed by atoms with van der Waals surface area (Å²) in [5.41, 5.74) is 1.30. The third-order valence-electron chi connectivity index (χ3n) is 2.06. The van der Waals surface area contributed by atoms with E-state index >= 15 is 0 Å². The van der Waals surface area contributed by atoms with Crippen molar-refractivity contribution in [1.82, 2.24) is 0 Å². The number of alkyl halides is 1. The van der Waals surface area contributed by atoms with Crippen molar-refractivity contribution in [2.45, 2.75) is 32.5 Å². The molecule has 0 saturated carbocycles. The maximum absolute atomic E-state index is 5.54. The molecule has 1 aliphatic heterocycles. The zero-order chi connectivity index (χ0) is 9.52. The van der Waals surface area contributed by atoms with E-state index in [4.69, 9.17) is 9.47 Å². The van der Waals surface area contributed by atoms with E-state index < -0.39 is 0 Å². The molecule has 1 atom stereocenters. The fourth-order valence-corrected chi connectivity index (χ4v) is 1.42. The van der Waals surface area contributed by atoms with E-state index in [0.717, 1.165) is 18.4 Å². The van der Waals surface area contributed by atoms with Crippen molar-refractivity contribution in [3.8, 4) is 0 Å². The third-order valence-corrected chi connectivity index (χ3v) is 2.95. The van der Waals surface area contributed by atoms with Crippen LogP contribution < -0.4 is 0 Å². The monoisotopic (exact) mass is 248 g/mol. The molecule has 13 heavy (non-hydrogen) atoms. The zero-order valence-corrected chi connectivity index (χ0v) is 9.68. The summed E-state index contributed by atoms with van der Waals surface area (Å²) in [4.78, 5) is 0. The van der Waals surface area contributed by atoms with E-state index in [1.54, 1.807) is 0 Å². The van der Waals surface area contributed by atoms with Gasteiger partial charge in [0.25, 0.3) is 0 Å². The second-order valence-corrected chi connectivity index (χ2v) is 3.87. The first-order valence-electron chi connectivity index (χ1n) is 4.77. The summed E-state index contributed by atoms with van der Waals surface area (Å²) in [5, 5.41) is 0.919. The summed E-state index contributed by atoms with van der Waals surface area (Å²) in [5.74, 6) is 0. The number of ether oxygens (including phenoxy) is 2. The molecule has 1 saturated heterocycles. The van der Waals surface area contributed by atoms with Gasteiger partial charge >= 0.3 is 0 Å². The van der Waals surface area contributed by atoms with Crippen molar-refractivity contribution in [3.05, 3.63) is 11.6 Å². The van der Waals surface area contributed by atoms with Crippen LogP contribution in [0.25, 0.3) is 0 Å². The molecule has 1 fully saturated rings. The van der Waals surface area contributed by atoms with E-state index in [1.807, 2.05) is 0 Å². The summed E-state index contributed by atoms with van der Waals surface area (Å²) in [7, 11) is 0. The second kappa shape index (κ2) is 6.57. The fraction of sp³-hybridized carbons (Fsp3) is 0.800. The van der Waals surface area contributed by atoms with Crippen molar-refractivity contribution in [2.24, 2.45) is 0 Å².